The van der Waals surface area contributed by atoms with Crippen LogP contribution in [0.3, 0.4) is 0 Å². The first kappa shape index (κ1) is 16.0. The zero-order valence-electron chi connectivity index (χ0n) is 13.3. The van der Waals surface area contributed by atoms with Crippen LogP contribution in [0.4, 0.5) is 4.79 Å². The number of hydrogen-bond acceptors (Lipinski definition) is 3. The van der Waals surface area contributed by atoms with Gasteiger partial charge in [0.05, 0.1) is 24.0 Å². The van der Waals surface area contributed by atoms with Crippen LogP contribution in [0, 0.1) is 0 Å². The summed E-state index contributed by atoms with van der Waals surface area (Å²) < 4.78 is 2.12. The van der Waals surface area contributed by atoms with Crippen molar-refractivity contribution in [2.45, 2.75) is 13.1 Å². The Balaban J connectivity index is 1.59. The van der Waals surface area contributed by atoms with Crippen molar-refractivity contribution in [2.75, 3.05) is 13.2 Å². The molecule has 6 heteroatoms. The molecule has 2 aromatic carbocycles. The van der Waals surface area contributed by atoms with Crippen molar-refractivity contribution in [1.82, 2.24) is 20.2 Å². The van der Waals surface area contributed by atoms with Crippen molar-refractivity contribution < 1.29 is 9.90 Å². The van der Waals surface area contributed by atoms with Crippen LogP contribution in [-0.2, 0) is 13.1 Å². The van der Waals surface area contributed by atoms with Crippen molar-refractivity contribution in [1.29, 1.82) is 0 Å². The third-order valence-corrected chi connectivity index (χ3v) is 3.75. The highest BCUT2D eigenvalue weighted by atomic mass is 16.3. The average Bonchev–Trinajstić information content (AvgIpc) is 3.02. The van der Waals surface area contributed by atoms with Crippen LogP contribution in [0.25, 0.3) is 11.0 Å². The van der Waals surface area contributed by atoms with Gasteiger partial charge in [-0.25, -0.2) is 9.78 Å². The second-order valence-corrected chi connectivity index (χ2v) is 5.51. The number of benzene rings is 2. The predicted octanol–water partition coefficient (Wildman–Crippen LogP) is 1.88. The van der Waals surface area contributed by atoms with Gasteiger partial charge in [-0.1, -0.05) is 36.4 Å². The van der Waals surface area contributed by atoms with Gasteiger partial charge in [-0.2, -0.15) is 0 Å². The van der Waals surface area contributed by atoms with Gasteiger partial charge in [0.15, 0.2) is 0 Å². The van der Waals surface area contributed by atoms with Gasteiger partial charge in [-0.05, 0) is 23.3 Å². The maximum Gasteiger partial charge on any atom is 0.315 e. The minimum Gasteiger partial charge on any atom is -0.395 e. The summed E-state index contributed by atoms with van der Waals surface area (Å²) in [5.41, 5.74) is 4.30. The van der Waals surface area contributed by atoms with E-state index in [1.54, 1.807) is 0 Å². The van der Waals surface area contributed by atoms with Crippen molar-refractivity contribution >= 4 is 17.1 Å². The number of hydrogen-bond donors (Lipinski definition) is 3. The maximum absolute atomic E-state index is 11.4. The van der Waals surface area contributed by atoms with Crippen molar-refractivity contribution in [2.24, 2.45) is 0 Å². The van der Waals surface area contributed by atoms with Gasteiger partial charge >= 0.3 is 6.03 Å². The van der Waals surface area contributed by atoms with E-state index in [0.29, 0.717) is 6.54 Å². The minimum absolute atomic E-state index is 0.0644. The van der Waals surface area contributed by atoms with E-state index in [1.165, 1.54) is 5.56 Å². The largest absolute Gasteiger partial charge is 0.395 e. The van der Waals surface area contributed by atoms with Crippen molar-refractivity contribution in [3.05, 3.63) is 66.0 Å². The van der Waals surface area contributed by atoms with Gasteiger partial charge in [-0.3, -0.25) is 0 Å². The van der Waals surface area contributed by atoms with Gasteiger partial charge in [-0.15, -0.1) is 0 Å². The average molecular weight is 324 g/mol. The van der Waals surface area contributed by atoms with E-state index in [-0.39, 0.29) is 19.2 Å². The highest BCUT2D eigenvalue weighted by Gasteiger charge is 2.03. The first-order chi connectivity index (χ1) is 11.8. The van der Waals surface area contributed by atoms with E-state index in [4.69, 9.17) is 5.11 Å². The molecular weight excluding hydrogens is 304 g/mol. The normalized spacial score (nSPS) is 10.7. The molecule has 0 fully saturated rings. The standard InChI is InChI=1S/C18H20N4O2/c23-10-9-19-18(24)20-11-14-5-7-15(8-6-14)12-22-13-21-16-3-1-2-4-17(16)22/h1-8,13,23H,9-12H2,(H2,19,20,24). The number of para-hydroxylation sites is 2. The number of fused-ring (bicyclic) bond motifs is 1. The Kier molecular flexibility index (Phi) is 5.08. The third-order valence-electron chi connectivity index (χ3n) is 3.75. The molecule has 0 aliphatic carbocycles. The minimum atomic E-state index is -0.280. The quantitative estimate of drug-likeness (QED) is 0.648. The van der Waals surface area contributed by atoms with Gasteiger partial charge in [0.1, 0.15) is 0 Å². The molecule has 3 aromatic rings. The van der Waals surface area contributed by atoms with Crippen LogP contribution >= 0.6 is 0 Å². The molecule has 1 heterocycles. The molecule has 24 heavy (non-hydrogen) atoms. The number of amides is 2. The van der Waals surface area contributed by atoms with Crippen LogP contribution in [-0.4, -0.2) is 33.8 Å². The molecule has 3 rings (SSSR count). The number of aliphatic hydroxyl groups is 1. The molecule has 0 spiro atoms. The Morgan fingerprint density at radius 3 is 2.58 bits per heavy atom. The lowest BCUT2D eigenvalue weighted by atomic mass is 10.1. The Labute approximate surface area is 140 Å². The first-order valence-electron chi connectivity index (χ1n) is 7.86. The van der Waals surface area contributed by atoms with Crippen LogP contribution in [0.5, 0.6) is 0 Å². The van der Waals surface area contributed by atoms with Crippen molar-refractivity contribution in [3.63, 3.8) is 0 Å². The number of carbonyl (C=O) groups is 1. The van der Waals surface area contributed by atoms with E-state index in [2.05, 4.69) is 38.4 Å². The summed E-state index contributed by atoms with van der Waals surface area (Å²) in [5.74, 6) is 0. The number of aliphatic hydroxyl groups excluding tert-OH is 1. The van der Waals surface area contributed by atoms with E-state index < -0.39 is 0 Å². The van der Waals surface area contributed by atoms with Crippen LogP contribution in [0.15, 0.2) is 54.9 Å². The lowest BCUT2D eigenvalue weighted by Crippen LogP contribution is -2.36. The Morgan fingerprint density at radius 1 is 1.04 bits per heavy atom. The molecule has 6 nitrogen and oxygen atoms in total. The summed E-state index contributed by atoms with van der Waals surface area (Å²) in [6.45, 7) is 1.39. The molecule has 0 aliphatic heterocycles. The molecule has 124 valence electrons. The molecule has 0 unspecified atom stereocenters. The molecule has 0 saturated heterocycles. The lowest BCUT2D eigenvalue weighted by molar-refractivity contribution is 0.234. The highest BCUT2D eigenvalue weighted by molar-refractivity contribution is 5.75. The van der Waals surface area contributed by atoms with Crippen molar-refractivity contribution in [3.8, 4) is 0 Å². The number of nitrogens with zero attached hydrogens (tertiary/aromatic N) is 2. The SMILES string of the molecule is O=C(NCCO)NCc1ccc(Cn2cnc3ccccc32)cc1. The third kappa shape index (κ3) is 3.91. The zero-order valence-corrected chi connectivity index (χ0v) is 13.3. The smallest absolute Gasteiger partial charge is 0.315 e. The summed E-state index contributed by atoms with van der Waals surface area (Å²) in [6.07, 6.45) is 1.85. The fourth-order valence-electron chi connectivity index (χ4n) is 2.51. The molecule has 3 N–H and O–H groups in total. The molecular formula is C18H20N4O2. The van der Waals surface area contributed by atoms with E-state index >= 15 is 0 Å². The Bertz CT molecular complexity index is 811. The predicted molar refractivity (Wildman–Crippen MR) is 92.6 cm³/mol. The monoisotopic (exact) mass is 324 g/mol. The first-order valence-corrected chi connectivity index (χ1v) is 7.86. The summed E-state index contributed by atoms with van der Waals surface area (Å²) in [5, 5.41) is 14.0. The molecule has 0 saturated carbocycles. The fourth-order valence-corrected chi connectivity index (χ4v) is 2.51. The number of imidazole rings is 1. The fraction of sp³-hybridized carbons (Fsp3) is 0.222. The molecule has 0 aliphatic rings. The van der Waals surface area contributed by atoms with E-state index in [1.807, 2.05) is 36.7 Å². The van der Waals surface area contributed by atoms with Gasteiger partial charge in [0, 0.05) is 19.6 Å². The summed E-state index contributed by atoms with van der Waals surface area (Å²) in [7, 11) is 0. The molecule has 1 aromatic heterocycles. The number of carbonyl (C=O) groups excluding carboxylic acids is 1. The maximum atomic E-state index is 11.4. The van der Waals surface area contributed by atoms with Crippen LogP contribution in [0.1, 0.15) is 11.1 Å². The van der Waals surface area contributed by atoms with Gasteiger partial charge in [0.25, 0.3) is 0 Å². The summed E-state index contributed by atoms with van der Waals surface area (Å²) in [6, 6.07) is 15.9. The summed E-state index contributed by atoms with van der Waals surface area (Å²) >= 11 is 0. The van der Waals surface area contributed by atoms with E-state index in [0.717, 1.165) is 23.1 Å². The summed E-state index contributed by atoms with van der Waals surface area (Å²) in [4.78, 5) is 15.8. The Morgan fingerprint density at radius 2 is 1.79 bits per heavy atom. The van der Waals surface area contributed by atoms with Crippen LogP contribution in [0.2, 0.25) is 0 Å². The second-order valence-electron chi connectivity index (χ2n) is 5.51. The topological polar surface area (TPSA) is 79.2 Å². The zero-order chi connectivity index (χ0) is 16.8. The number of rotatable bonds is 6. The second kappa shape index (κ2) is 7.61. The lowest BCUT2D eigenvalue weighted by Gasteiger charge is -2.08. The molecule has 0 atom stereocenters. The van der Waals surface area contributed by atoms with Gasteiger partial charge < -0.3 is 20.3 Å². The Hall–Kier alpha value is -2.86. The van der Waals surface area contributed by atoms with Gasteiger partial charge in [0.2, 0.25) is 0 Å². The molecule has 0 radical (unpaired) electrons. The molecule has 0 bridgehead atoms. The number of urea groups is 1. The van der Waals surface area contributed by atoms with E-state index in [9.17, 15) is 4.79 Å². The number of aromatic nitrogens is 2. The van der Waals surface area contributed by atoms with Crippen LogP contribution < -0.4 is 10.6 Å². The molecule has 2 amide bonds. The highest BCUT2D eigenvalue weighted by Crippen LogP contribution is 2.14. The number of nitrogens with one attached hydrogen (secondary N) is 2.